The van der Waals surface area contributed by atoms with E-state index in [0.717, 1.165) is 13.0 Å². The molecule has 1 heterocycles. The number of rotatable bonds is 2. The molecule has 2 N–H and O–H groups in total. The monoisotopic (exact) mass is 240 g/mol. The SMILES string of the molecule is Cc1cc(CN)c(C(F)F)nc1C(F)(F)F. The van der Waals surface area contributed by atoms with Gasteiger partial charge in [-0.2, -0.15) is 13.2 Å². The minimum atomic E-state index is -4.74. The van der Waals surface area contributed by atoms with E-state index >= 15 is 0 Å². The first-order valence-corrected chi connectivity index (χ1v) is 4.33. The molecule has 0 spiro atoms. The van der Waals surface area contributed by atoms with Crippen LogP contribution in [0, 0.1) is 6.92 Å². The first kappa shape index (κ1) is 12.8. The molecule has 90 valence electrons. The van der Waals surface area contributed by atoms with Crippen LogP contribution in [0.5, 0.6) is 0 Å². The fraction of sp³-hybridized carbons (Fsp3) is 0.444. The second kappa shape index (κ2) is 4.32. The highest BCUT2D eigenvalue weighted by Crippen LogP contribution is 2.33. The Kier molecular flexibility index (Phi) is 3.47. The molecule has 0 radical (unpaired) electrons. The molecule has 0 amide bonds. The van der Waals surface area contributed by atoms with Gasteiger partial charge in [-0.1, -0.05) is 6.07 Å². The zero-order chi connectivity index (χ0) is 12.5. The van der Waals surface area contributed by atoms with Gasteiger partial charge in [0.25, 0.3) is 6.43 Å². The Bertz CT molecular complexity index is 386. The predicted octanol–water partition coefficient (Wildman–Crippen LogP) is 2.81. The van der Waals surface area contributed by atoms with Crippen LogP contribution in [0.3, 0.4) is 0 Å². The third-order valence-electron chi connectivity index (χ3n) is 2.02. The van der Waals surface area contributed by atoms with E-state index in [0.29, 0.717) is 0 Å². The lowest BCUT2D eigenvalue weighted by molar-refractivity contribution is -0.141. The van der Waals surface area contributed by atoms with Crippen molar-refractivity contribution in [2.24, 2.45) is 5.73 Å². The summed E-state index contributed by atoms with van der Waals surface area (Å²) in [6.07, 6.45) is -7.80. The Morgan fingerprint density at radius 3 is 2.31 bits per heavy atom. The number of hydrogen-bond donors (Lipinski definition) is 1. The third kappa shape index (κ3) is 2.46. The number of aryl methyl sites for hydroxylation is 1. The first-order valence-electron chi connectivity index (χ1n) is 4.33. The second-order valence-corrected chi connectivity index (χ2v) is 3.20. The average molecular weight is 240 g/mol. The van der Waals surface area contributed by atoms with Crippen molar-refractivity contribution >= 4 is 0 Å². The molecule has 1 rings (SSSR count). The summed E-state index contributed by atoms with van der Waals surface area (Å²) in [5, 5.41) is 0. The molecule has 0 aliphatic rings. The van der Waals surface area contributed by atoms with Crippen LogP contribution in [0.4, 0.5) is 22.0 Å². The van der Waals surface area contributed by atoms with Crippen molar-refractivity contribution in [1.82, 2.24) is 4.98 Å². The van der Waals surface area contributed by atoms with E-state index in [1.807, 2.05) is 0 Å². The summed E-state index contributed by atoms with van der Waals surface area (Å²) in [6, 6.07) is 0.997. The molecule has 0 aliphatic heterocycles. The van der Waals surface area contributed by atoms with Crippen LogP contribution in [-0.2, 0) is 12.7 Å². The Balaban J connectivity index is 3.39. The summed E-state index contributed by atoms with van der Waals surface area (Å²) in [7, 11) is 0. The summed E-state index contributed by atoms with van der Waals surface area (Å²) < 4.78 is 62.0. The third-order valence-corrected chi connectivity index (χ3v) is 2.02. The van der Waals surface area contributed by atoms with E-state index in [9.17, 15) is 22.0 Å². The van der Waals surface area contributed by atoms with Crippen LogP contribution in [-0.4, -0.2) is 4.98 Å². The summed E-state index contributed by atoms with van der Waals surface area (Å²) in [5.74, 6) is 0. The van der Waals surface area contributed by atoms with Crippen LogP contribution in [0.15, 0.2) is 6.07 Å². The lowest BCUT2D eigenvalue weighted by atomic mass is 10.1. The van der Waals surface area contributed by atoms with E-state index < -0.39 is 24.0 Å². The molecule has 7 heteroatoms. The van der Waals surface area contributed by atoms with Crippen molar-refractivity contribution in [2.45, 2.75) is 26.1 Å². The zero-order valence-corrected chi connectivity index (χ0v) is 8.28. The second-order valence-electron chi connectivity index (χ2n) is 3.20. The Hall–Kier alpha value is -1.24. The van der Waals surface area contributed by atoms with Gasteiger partial charge < -0.3 is 5.73 Å². The Labute approximate surface area is 88.3 Å². The molecule has 16 heavy (non-hydrogen) atoms. The van der Waals surface area contributed by atoms with Gasteiger partial charge in [-0.15, -0.1) is 0 Å². The van der Waals surface area contributed by atoms with Crippen LogP contribution in [0.25, 0.3) is 0 Å². The van der Waals surface area contributed by atoms with Gasteiger partial charge in [-0.25, -0.2) is 13.8 Å². The molecule has 1 aromatic rings. The Morgan fingerprint density at radius 1 is 1.38 bits per heavy atom. The Morgan fingerprint density at radius 2 is 1.94 bits per heavy atom. The molecular formula is C9H9F5N2. The number of nitrogens with zero attached hydrogens (tertiary/aromatic N) is 1. The number of pyridine rings is 1. The van der Waals surface area contributed by atoms with Gasteiger partial charge in [0.15, 0.2) is 0 Å². The quantitative estimate of drug-likeness (QED) is 0.807. The van der Waals surface area contributed by atoms with Crippen molar-refractivity contribution in [1.29, 1.82) is 0 Å². The van der Waals surface area contributed by atoms with E-state index in [1.165, 1.54) is 0 Å². The molecule has 0 atom stereocenters. The number of halogens is 5. The van der Waals surface area contributed by atoms with Gasteiger partial charge in [0.05, 0.1) is 0 Å². The minimum Gasteiger partial charge on any atom is -0.326 e. The van der Waals surface area contributed by atoms with Crippen molar-refractivity contribution < 1.29 is 22.0 Å². The van der Waals surface area contributed by atoms with Gasteiger partial charge in [0.2, 0.25) is 0 Å². The van der Waals surface area contributed by atoms with Crippen molar-refractivity contribution in [3.05, 3.63) is 28.6 Å². The van der Waals surface area contributed by atoms with E-state index in [2.05, 4.69) is 4.98 Å². The molecule has 0 bridgehead atoms. The maximum absolute atomic E-state index is 12.4. The first-order chi connectivity index (χ1) is 7.27. The molecule has 0 saturated heterocycles. The zero-order valence-electron chi connectivity index (χ0n) is 8.28. The highest BCUT2D eigenvalue weighted by molar-refractivity contribution is 5.31. The molecule has 0 saturated carbocycles. The number of alkyl halides is 5. The molecule has 1 aromatic heterocycles. The fourth-order valence-electron chi connectivity index (χ4n) is 1.32. The highest BCUT2D eigenvalue weighted by Gasteiger charge is 2.35. The minimum absolute atomic E-state index is 0.0690. The summed E-state index contributed by atoms with van der Waals surface area (Å²) in [4.78, 5) is 2.96. The fourth-order valence-corrected chi connectivity index (χ4v) is 1.32. The van der Waals surface area contributed by atoms with Gasteiger partial charge in [-0.05, 0) is 18.1 Å². The molecule has 0 aromatic carbocycles. The topological polar surface area (TPSA) is 38.9 Å². The van der Waals surface area contributed by atoms with Crippen molar-refractivity contribution in [3.63, 3.8) is 0 Å². The molecule has 0 aliphatic carbocycles. The van der Waals surface area contributed by atoms with Crippen LogP contribution in [0.1, 0.15) is 28.9 Å². The van der Waals surface area contributed by atoms with Gasteiger partial charge in [-0.3, -0.25) is 0 Å². The predicted molar refractivity (Wildman–Crippen MR) is 46.8 cm³/mol. The van der Waals surface area contributed by atoms with Crippen LogP contribution in [0.2, 0.25) is 0 Å². The number of nitrogens with two attached hydrogens (primary N) is 1. The normalized spacial score (nSPS) is 12.2. The van der Waals surface area contributed by atoms with Crippen molar-refractivity contribution in [3.8, 4) is 0 Å². The van der Waals surface area contributed by atoms with Gasteiger partial charge in [0, 0.05) is 6.54 Å². The molecular weight excluding hydrogens is 231 g/mol. The van der Waals surface area contributed by atoms with Gasteiger partial charge >= 0.3 is 6.18 Å². The maximum atomic E-state index is 12.4. The largest absolute Gasteiger partial charge is 0.433 e. The van der Waals surface area contributed by atoms with E-state index in [1.54, 1.807) is 0 Å². The van der Waals surface area contributed by atoms with Crippen LogP contribution >= 0.6 is 0 Å². The summed E-state index contributed by atoms with van der Waals surface area (Å²) in [5.41, 5.74) is 2.69. The van der Waals surface area contributed by atoms with Crippen molar-refractivity contribution in [2.75, 3.05) is 0 Å². The molecule has 2 nitrogen and oxygen atoms in total. The van der Waals surface area contributed by atoms with Gasteiger partial charge in [0.1, 0.15) is 11.4 Å². The molecule has 0 fully saturated rings. The van der Waals surface area contributed by atoms with E-state index in [-0.39, 0.29) is 17.7 Å². The lowest BCUT2D eigenvalue weighted by Crippen LogP contribution is -2.15. The summed E-state index contributed by atoms with van der Waals surface area (Å²) in [6.45, 7) is 0.885. The van der Waals surface area contributed by atoms with Crippen LogP contribution < -0.4 is 5.73 Å². The lowest BCUT2D eigenvalue weighted by Gasteiger charge is -2.13. The summed E-state index contributed by atoms with van der Waals surface area (Å²) >= 11 is 0. The highest BCUT2D eigenvalue weighted by atomic mass is 19.4. The smallest absolute Gasteiger partial charge is 0.326 e. The maximum Gasteiger partial charge on any atom is 0.433 e. The standard InChI is InChI=1S/C9H9F5N2/c1-4-2-5(3-15)6(8(10)11)16-7(4)9(12,13)14/h2,8H,3,15H2,1H3. The molecule has 0 unspecified atom stereocenters. The average Bonchev–Trinajstić information content (AvgIpc) is 2.14. The number of aromatic nitrogens is 1. The van der Waals surface area contributed by atoms with E-state index in [4.69, 9.17) is 5.73 Å². The number of hydrogen-bond acceptors (Lipinski definition) is 2.